The first-order valence-corrected chi connectivity index (χ1v) is 7.94. The third-order valence-electron chi connectivity index (χ3n) is 4.74. The minimum absolute atomic E-state index is 0.105. The number of carbonyl (C=O) groups is 1. The van der Waals surface area contributed by atoms with Crippen LogP contribution in [0, 0.1) is 5.92 Å². The van der Waals surface area contributed by atoms with Crippen molar-refractivity contribution in [1.29, 1.82) is 0 Å². The number of rotatable bonds is 4. The van der Waals surface area contributed by atoms with Crippen LogP contribution in [-0.2, 0) is 6.42 Å². The molecular weight excluding hydrogens is 294 g/mol. The fraction of sp³-hybridized carbons (Fsp3) is 0.412. The van der Waals surface area contributed by atoms with Crippen molar-refractivity contribution in [2.24, 2.45) is 5.92 Å². The molecule has 0 saturated heterocycles. The van der Waals surface area contributed by atoms with Gasteiger partial charge in [-0.15, -0.1) is 0 Å². The molecule has 1 saturated carbocycles. The van der Waals surface area contributed by atoms with Gasteiger partial charge in [-0.1, -0.05) is 6.07 Å². The molecule has 4 rings (SSSR count). The van der Waals surface area contributed by atoms with E-state index in [1.54, 1.807) is 6.20 Å². The highest BCUT2D eigenvalue weighted by atomic mass is 16.5. The molecule has 6 nitrogen and oxygen atoms in total. The first kappa shape index (κ1) is 14.3. The number of carbonyl (C=O) groups excluding carboxylic acids is 1. The van der Waals surface area contributed by atoms with Gasteiger partial charge in [0.25, 0.3) is 5.91 Å². The number of fused-ring (bicyclic) bond motifs is 1. The third-order valence-corrected chi connectivity index (χ3v) is 4.74. The number of nitrogens with one attached hydrogen (secondary N) is 2. The number of hydrogen-bond donors (Lipinski definition) is 3. The lowest BCUT2D eigenvalue weighted by Gasteiger charge is -2.38. The van der Waals surface area contributed by atoms with E-state index in [2.05, 4.69) is 21.6 Å². The van der Waals surface area contributed by atoms with Crippen LogP contribution in [0.5, 0.6) is 5.75 Å². The van der Waals surface area contributed by atoms with E-state index < -0.39 is 0 Å². The van der Waals surface area contributed by atoms with Gasteiger partial charge in [0.15, 0.2) is 0 Å². The summed E-state index contributed by atoms with van der Waals surface area (Å²) in [4.78, 5) is 12.4. The topological polar surface area (TPSA) is 87.2 Å². The fourth-order valence-electron chi connectivity index (χ4n) is 3.37. The van der Waals surface area contributed by atoms with Gasteiger partial charge in [-0.3, -0.25) is 9.89 Å². The van der Waals surface area contributed by atoms with Gasteiger partial charge in [0, 0.05) is 12.6 Å². The molecule has 0 bridgehead atoms. The van der Waals surface area contributed by atoms with Gasteiger partial charge < -0.3 is 15.2 Å². The van der Waals surface area contributed by atoms with Crippen LogP contribution in [0.3, 0.4) is 0 Å². The summed E-state index contributed by atoms with van der Waals surface area (Å²) < 4.78 is 5.55. The van der Waals surface area contributed by atoms with Crippen LogP contribution in [0.25, 0.3) is 0 Å². The summed E-state index contributed by atoms with van der Waals surface area (Å²) in [6.45, 7) is 0.715. The van der Waals surface area contributed by atoms with Crippen molar-refractivity contribution in [3.05, 3.63) is 47.3 Å². The van der Waals surface area contributed by atoms with Gasteiger partial charge in [-0.05, 0) is 42.0 Å². The summed E-state index contributed by atoms with van der Waals surface area (Å²) in [5.41, 5.74) is 2.77. The molecule has 1 aliphatic carbocycles. The molecule has 0 spiro atoms. The van der Waals surface area contributed by atoms with E-state index in [4.69, 9.17) is 4.74 Å². The average molecular weight is 313 g/mol. The van der Waals surface area contributed by atoms with Gasteiger partial charge in [0.05, 0.1) is 30.5 Å². The van der Waals surface area contributed by atoms with Crippen molar-refractivity contribution in [1.82, 2.24) is 15.5 Å². The number of amides is 1. The number of hydrogen-bond acceptors (Lipinski definition) is 4. The van der Waals surface area contributed by atoms with Crippen LogP contribution in [0.2, 0.25) is 0 Å². The lowest BCUT2D eigenvalue weighted by molar-refractivity contribution is 0.0235. The number of aliphatic hydroxyl groups excluding tert-OH is 1. The van der Waals surface area contributed by atoms with E-state index >= 15 is 0 Å². The number of aromatic amines is 1. The molecule has 1 atom stereocenters. The normalized spacial score (nSPS) is 23.5. The summed E-state index contributed by atoms with van der Waals surface area (Å²) in [6, 6.07) is 6.00. The van der Waals surface area contributed by atoms with E-state index in [1.807, 2.05) is 12.1 Å². The minimum atomic E-state index is -0.258. The molecule has 120 valence electrons. The monoisotopic (exact) mass is 313 g/mol. The predicted molar refractivity (Wildman–Crippen MR) is 83.2 cm³/mol. The molecule has 2 aromatic rings. The Bertz CT molecular complexity index is 708. The van der Waals surface area contributed by atoms with Crippen LogP contribution in [-0.4, -0.2) is 33.9 Å². The molecule has 1 unspecified atom stereocenters. The van der Waals surface area contributed by atoms with Gasteiger partial charge in [-0.2, -0.15) is 5.10 Å². The van der Waals surface area contributed by atoms with Gasteiger partial charge in [-0.25, -0.2) is 0 Å². The summed E-state index contributed by atoms with van der Waals surface area (Å²) in [5.74, 6) is 1.03. The number of H-pyrrole nitrogens is 1. The van der Waals surface area contributed by atoms with Gasteiger partial charge >= 0.3 is 0 Å². The number of aliphatic hydroxyl groups is 1. The third kappa shape index (κ3) is 2.70. The quantitative estimate of drug-likeness (QED) is 0.800. The van der Waals surface area contributed by atoms with Crippen LogP contribution < -0.4 is 10.1 Å². The Hall–Kier alpha value is -2.34. The first-order chi connectivity index (χ1) is 11.2. The Labute approximate surface area is 133 Å². The van der Waals surface area contributed by atoms with E-state index in [-0.39, 0.29) is 24.0 Å². The first-order valence-electron chi connectivity index (χ1n) is 7.94. The molecule has 1 aromatic heterocycles. The van der Waals surface area contributed by atoms with E-state index in [1.165, 1.54) is 11.8 Å². The Morgan fingerprint density at radius 1 is 1.43 bits per heavy atom. The maximum absolute atomic E-state index is 12.4. The van der Waals surface area contributed by atoms with E-state index in [0.717, 1.165) is 17.7 Å². The summed E-state index contributed by atoms with van der Waals surface area (Å²) in [7, 11) is 0. The maximum atomic E-state index is 12.4. The minimum Gasteiger partial charge on any atom is -0.493 e. The maximum Gasteiger partial charge on any atom is 0.254 e. The van der Waals surface area contributed by atoms with Crippen molar-refractivity contribution in [3.8, 4) is 5.75 Å². The Kier molecular flexibility index (Phi) is 3.53. The largest absolute Gasteiger partial charge is 0.493 e. The van der Waals surface area contributed by atoms with Gasteiger partial charge in [0.1, 0.15) is 5.75 Å². The average Bonchev–Trinajstić information content (AvgIpc) is 3.19. The SMILES string of the molecule is O=C(NC(c1ccc2c(c1)CCO2)C1CC(O)C1)c1cn[nH]c1. The highest BCUT2D eigenvalue weighted by Gasteiger charge is 2.36. The van der Waals surface area contributed by atoms with Crippen molar-refractivity contribution in [2.75, 3.05) is 6.61 Å². The Balaban J connectivity index is 1.59. The molecule has 1 amide bonds. The van der Waals surface area contributed by atoms with Crippen molar-refractivity contribution < 1.29 is 14.6 Å². The summed E-state index contributed by atoms with van der Waals surface area (Å²) in [5, 5.41) is 19.2. The molecule has 3 N–H and O–H groups in total. The van der Waals surface area contributed by atoms with Gasteiger partial charge in [0.2, 0.25) is 0 Å². The Morgan fingerprint density at radius 3 is 3.04 bits per heavy atom. The number of ether oxygens (including phenoxy) is 1. The van der Waals surface area contributed by atoms with Crippen molar-refractivity contribution in [3.63, 3.8) is 0 Å². The molecule has 1 aromatic carbocycles. The van der Waals surface area contributed by atoms with Crippen LogP contribution in [0.1, 0.15) is 40.4 Å². The zero-order valence-corrected chi connectivity index (χ0v) is 12.7. The van der Waals surface area contributed by atoms with Crippen molar-refractivity contribution in [2.45, 2.75) is 31.4 Å². The standard InChI is InChI=1S/C17H19N3O3/c21-14-6-12(7-14)16(20-17(22)13-8-18-19-9-13)11-1-2-15-10(5-11)3-4-23-15/h1-2,5,8-9,12,14,16,21H,3-4,6-7H2,(H,18,19)(H,20,22). The fourth-order valence-corrected chi connectivity index (χ4v) is 3.37. The van der Waals surface area contributed by atoms with Crippen LogP contribution in [0.4, 0.5) is 0 Å². The second-order valence-corrected chi connectivity index (χ2v) is 6.29. The molecule has 6 heteroatoms. The Morgan fingerprint density at radius 2 is 2.30 bits per heavy atom. The summed E-state index contributed by atoms with van der Waals surface area (Å²) in [6.07, 6.45) is 5.16. The summed E-state index contributed by atoms with van der Waals surface area (Å²) >= 11 is 0. The number of benzene rings is 1. The van der Waals surface area contributed by atoms with E-state index in [9.17, 15) is 9.90 Å². The van der Waals surface area contributed by atoms with Crippen molar-refractivity contribution >= 4 is 5.91 Å². The van der Waals surface area contributed by atoms with E-state index in [0.29, 0.717) is 25.0 Å². The molecule has 1 fully saturated rings. The molecule has 0 radical (unpaired) electrons. The zero-order valence-electron chi connectivity index (χ0n) is 12.7. The predicted octanol–water partition coefficient (Wildman–Crippen LogP) is 1.59. The lowest BCUT2D eigenvalue weighted by Crippen LogP contribution is -2.41. The molecule has 23 heavy (non-hydrogen) atoms. The molecule has 2 aliphatic rings. The van der Waals surface area contributed by atoms with Crippen LogP contribution in [0.15, 0.2) is 30.6 Å². The number of aromatic nitrogens is 2. The molecular formula is C17H19N3O3. The second kappa shape index (κ2) is 5.70. The molecule has 1 aliphatic heterocycles. The zero-order chi connectivity index (χ0) is 15.8. The second-order valence-electron chi connectivity index (χ2n) is 6.29. The highest BCUT2D eigenvalue weighted by molar-refractivity contribution is 5.93. The van der Waals surface area contributed by atoms with Crippen LogP contribution >= 0.6 is 0 Å². The highest BCUT2D eigenvalue weighted by Crippen LogP contribution is 2.39. The lowest BCUT2D eigenvalue weighted by atomic mass is 9.74. The molecule has 2 heterocycles. The smallest absolute Gasteiger partial charge is 0.254 e. The number of nitrogens with zero attached hydrogens (tertiary/aromatic N) is 1.